The Bertz CT molecular complexity index is 1560. The molecule has 1 saturated carbocycles. The summed E-state index contributed by atoms with van der Waals surface area (Å²) >= 11 is 6.30. The summed E-state index contributed by atoms with van der Waals surface area (Å²) in [5.41, 5.74) is 2.14. The monoisotopic (exact) mass is 669 g/mol. The lowest BCUT2D eigenvalue weighted by atomic mass is 9.94. The normalized spacial score (nSPS) is 14.3. The Kier molecular flexibility index (Phi) is 12.7. The first-order valence-electron chi connectivity index (χ1n) is 15.7. The van der Waals surface area contributed by atoms with Crippen molar-refractivity contribution in [2.45, 2.75) is 70.0 Å². The smallest absolute Gasteiger partial charge is 0.243 e. The standard InChI is InChI=1S/C35H44ClN3O6S/c1-44-30-17-10-14-27(22-30)25-38(32(23-26-12-6-4-7-13-26)35(41)37-28-15-8-5-9-16-28)34(40)18-11-21-39(46(3,42)43)29-19-20-33(45-2)31(36)24-29/h4,6-7,10,12-14,17,19-20,22,24,28,32H,5,8-9,11,15-16,18,21,23,25H2,1-3H3,(H,37,41)/t32-/m1/s1. The third-order valence-electron chi connectivity index (χ3n) is 8.29. The first-order valence-corrected chi connectivity index (χ1v) is 17.9. The highest BCUT2D eigenvalue weighted by Gasteiger charge is 2.32. The highest BCUT2D eigenvalue weighted by Crippen LogP contribution is 2.30. The third kappa shape index (κ3) is 9.87. The number of nitrogens with one attached hydrogen (secondary N) is 1. The Balaban J connectivity index is 1.60. The molecule has 0 unspecified atom stereocenters. The molecule has 0 bridgehead atoms. The van der Waals surface area contributed by atoms with Gasteiger partial charge in [-0.25, -0.2) is 8.42 Å². The fourth-order valence-electron chi connectivity index (χ4n) is 5.88. The molecule has 0 radical (unpaired) electrons. The first kappa shape index (κ1) is 35.1. The van der Waals surface area contributed by atoms with E-state index in [0.717, 1.165) is 49.5 Å². The SMILES string of the molecule is COc1cccc(CN(C(=O)CCCN(c2ccc(OC)c(Cl)c2)S(C)(=O)=O)[C@H](Cc2ccccc2)C(=O)NC2CCCCC2)c1. The van der Waals surface area contributed by atoms with Crippen LogP contribution >= 0.6 is 11.6 Å². The summed E-state index contributed by atoms with van der Waals surface area (Å²) in [5.74, 6) is 0.651. The predicted molar refractivity (Wildman–Crippen MR) is 182 cm³/mol. The molecule has 9 nitrogen and oxygen atoms in total. The van der Waals surface area contributed by atoms with Crippen LogP contribution in [-0.4, -0.2) is 64.2 Å². The lowest BCUT2D eigenvalue weighted by Crippen LogP contribution is -2.52. The molecule has 0 saturated heterocycles. The van der Waals surface area contributed by atoms with Gasteiger partial charge in [0.15, 0.2) is 0 Å². The van der Waals surface area contributed by atoms with Crippen LogP contribution < -0.4 is 19.1 Å². The molecular weight excluding hydrogens is 626 g/mol. The number of hydrogen-bond donors (Lipinski definition) is 1. The average Bonchev–Trinajstić information content (AvgIpc) is 3.05. The molecular formula is C35H44ClN3O6S. The zero-order chi connectivity index (χ0) is 33.1. The fraction of sp³-hybridized carbons (Fsp3) is 0.429. The van der Waals surface area contributed by atoms with Gasteiger partial charge in [-0.3, -0.25) is 13.9 Å². The highest BCUT2D eigenvalue weighted by molar-refractivity contribution is 7.92. The predicted octanol–water partition coefficient (Wildman–Crippen LogP) is 5.99. The molecule has 0 aromatic heterocycles. The molecule has 3 aromatic carbocycles. The first-order chi connectivity index (χ1) is 22.1. The van der Waals surface area contributed by atoms with Crippen LogP contribution in [0.4, 0.5) is 5.69 Å². The molecule has 3 aromatic rings. The van der Waals surface area contributed by atoms with Crippen LogP contribution in [0.15, 0.2) is 72.8 Å². The van der Waals surface area contributed by atoms with Crippen molar-refractivity contribution in [3.63, 3.8) is 0 Å². The van der Waals surface area contributed by atoms with E-state index in [2.05, 4.69) is 5.32 Å². The van der Waals surface area contributed by atoms with Gasteiger partial charge in [0.1, 0.15) is 17.5 Å². The van der Waals surface area contributed by atoms with E-state index in [1.165, 1.54) is 17.5 Å². The van der Waals surface area contributed by atoms with Crippen LogP contribution in [0.3, 0.4) is 0 Å². The number of nitrogens with zero attached hydrogens (tertiary/aromatic N) is 2. The van der Waals surface area contributed by atoms with E-state index in [-0.39, 0.29) is 48.8 Å². The number of anilines is 1. The minimum atomic E-state index is -3.68. The van der Waals surface area contributed by atoms with Gasteiger partial charge in [0, 0.05) is 32.0 Å². The Morgan fingerprint density at radius 1 is 0.935 bits per heavy atom. The minimum Gasteiger partial charge on any atom is -0.497 e. The second-order valence-corrected chi connectivity index (χ2v) is 14.0. The van der Waals surface area contributed by atoms with Gasteiger partial charge < -0.3 is 19.7 Å². The highest BCUT2D eigenvalue weighted by atomic mass is 35.5. The quantitative estimate of drug-likeness (QED) is 0.213. The van der Waals surface area contributed by atoms with Gasteiger partial charge in [-0.15, -0.1) is 0 Å². The minimum absolute atomic E-state index is 0.0296. The van der Waals surface area contributed by atoms with Crippen molar-refractivity contribution in [1.82, 2.24) is 10.2 Å². The van der Waals surface area contributed by atoms with Gasteiger partial charge in [-0.1, -0.05) is 73.3 Å². The summed E-state index contributed by atoms with van der Waals surface area (Å²) in [6.07, 6.45) is 6.85. The fourth-order valence-corrected chi connectivity index (χ4v) is 7.09. The van der Waals surface area contributed by atoms with E-state index < -0.39 is 16.1 Å². The van der Waals surface area contributed by atoms with E-state index in [0.29, 0.717) is 23.6 Å². The molecule has 1 N–H and O–H groups in total. The zero-order valence-corrected chi connectivity index (χ0v) is 28.4. The molecule has 0 aliphatic heterocycles. The van der Waals surface area contributed by atoms with Gasteiger partial charge in [0.05, 0.1) is 31.2 Å². The molecule has 1 atom stereocenters. The van der Waals surface area contributed by atoms with Gasteiger partial charge in [0.2, 0.25) is 21.8 Å². The van der Waals surface area contributed by atoms with Crippen LogP contribution in [0, 0.1) is 0 Å². The van der Waals surface area contributed by atoms with Gasteiger partial charge >= 0.3 is 0 Å². The van der Waals surface area contributed by atoms with Crippen molar-refractivity contribution in [2.75, 3.05) is 31.3 Å². The number of methoxy groups -OCH3 is 2. The van der Waals surface area contributed by atoms with Crippen molar-refractivity contribution >= 4 is 39.1 Å². The largest absolute Gasteiger partial charge is 0.497 e. The third-order valence-corrected chi connectivity index (χ3v) is 9.77. The van der Waals surface area contributed by atoms with E-state index in [1.807, 2.05) is 54.6 Å². The Morgan fingerprint density at radius 3 is 2.30 bits per heavy atom. The van der Waals surface area contributed by atoms with E-state index in [4.69, 9.17) is 21.1 Å². The number of sulfonamides is 1. The van der Waals surface area contributed by atoms with E-state index in [9.17, 15) is 18.0 Å². The summed E-state index contributed by atoms with van der Waals surface area (Å²) in [4.78, 5) is 29.8. The number of amides is 2. The van der Waals surface area contributed by atoms with Crippen molar-refractivity contribution in [2.24, 2.45) is 0 Å². The number of ether oxygens (including phenoxy) is 2. The molecule has 2 amide bonds. The second-order valence-electron chi connectivity index (χ2n) is 11.7. The molecule has 248 valence electrons. The molecule has 0 heterocycles. The Hall–Kier alpha value is -3.76. The van der Waals surface area contributed by atoms with Gasteiger partial charge in [0.25, 0.3) is 0 Å². The van der Waals surface area contributed by atoms with E-state index >= 15 is 0 Å². The van der Waals surface area contributed by atoms with Crippen LogP contribution in [0.2, 0.25) is 5.02 Å². The molecule has 1 aliphatic rings. The summed E-state index contributed by atoms with van der Waals surface area (Å²) in [6, 6.07) is 21.2. The number of carbonyl (C=O) groups excluding carboxylic acids is 2. The number of carbonyl (C=O) groups is 2. The number of hydrogen-bond acceptors (Lipinski definition) is 6. The molecule has 0 spiro atoms. The van der Waals surface area contributed by atoms with Crippen molar-refractivity contribution in [3.8, 4) is 11.5 Å². The summed E-state index contributed by atoms with van der Waals surface area (Å²) < 4.78 is 37.4. The summed E-state index contributed by atoms with van der Waals surface area (Å²) in [7, 11) is -0.615. The Morgan fingerprint density at radius 2 is 1.65 bits per heavy atom. The van der Waals surface area contributed by atoms with Gasteiger partial charge in [-0.2, -0.15) is 0 Å². The van der Waals surface area contributed by atoms with Crippen LogP contribution in [0.1, 0.15) is 56.1 Å². The van der Waals surface area contributed by atoms with Crippen molar-refractivity contribution in [3.05, 3.63) is 88.9 Å². The van der Waals surface area contributed by atoms with Crippen molar-refractivity contribution in [1.29, 1.82) is 0 Å². The van der Waals surface area contributed by atoms with E-state index in [1.54, 1.807) is 24.1 Å². The molecule has 1 fully saturated rings. The molecule has 46 heavy (non-hydrogen) atoms. The maximum absolute atomic E-state index is 14.1. The maximum atomic E-state index is 14.1. The second kappa shape index (κ2) is 16.7. The Labute approximate surface area is 277 Å². The molecule has 4 rings (SSSR count). The van der Waals surface area contributed by atoms with Crippen LogP contribution in [0.25, 0.3) is 0 Å². The molecule has 1 aliphatic carbocycles. The van der Waals surface area contributed by atoms with Gasteiger partial charge in [-0.05, 0) is 60.7 Å². The number of rotatable bonds is 15. The average molecular weight is 670 g/mol. The lowest BCUT2D eigenvalue weighted by Gasteiger charge is -2.34. The van der Waals surface area contributed by atoms with Crippen molar-refractivity contribution < 1.29 is 27.5 Å². The number of benzene rings is 3. The lowest BCUT2D eigenvalue weighted by molar-refractivity contribution is -0.141. The van der Waals surface area contributed by atoms with Crippen LogP contribution in [0.5, 0.6) is 11.5 Å². The summed E-state index contributed by atoms with van der Waals surface area (Å²) in [6.45, 7) is 0.243. The maximum Gasteiger partial charge on any atom is 0.243 e. The summed E-state index contributed by atoms with van der Waals surface area (Å²) in [5, 5.41) is 3.52. The van der Waals surface area contributed by atoms with Crippen LogP contribution in [-0.2, 0) is 32.6 Å². The molecule has 11 heteroatoms. The zero-order valence-electron chi connectivity index (χ0n) is 26.8. The number of halogens is 1. The topological polar surface area (TPSA) is 105 Å².